The Hall–Kier alpha value is -2.16. The minimum Gasteiger partial charge on any atom is -0.489 e. The van der Waals surface area contributed by atoms with E-state index in [0.717, 1.165) is 27.1 Å². The normalized spacial score (nSPS) is 16.9. The maximum Gasteiger partial charge on any atom is 0.223 e. The Balaban J connectivity index is 1.22. The number of thiazole rings is 1. The number of fused-ring (bicyclic) bond motifs is 1. The van der Waals surface area contributed by atoms with Crippen molar-refractivity contribution >= 4 is 39.2 Å². The van der Waals surface area contributed by atoms with E-state index in [1.807, 2.05) is 42.2 Å². The number of carbonyl (C=O) groups is 1. The zero-order chi connectivity index (χ0) is 20.1. The first-order chi connectivity index (χ1) is 14.2. The van der Waals surface area contributed by atoms with E-state index in [2.05, 4.69) is 16.0 Å². The van der Waals surface area contributed by atoms with Crippen molar-refractivity contribution in [3.63, 3.8) is 0 Å². The summed E-state index contributed by atoms with van der Waals surface area (Å²) in [5, 5.41) is 0. The van der Waals surface area contributed by atoms with Gasteiger partial charge in [-0.25, -0.2) is 4.98 Å². The number of benzene rings is 1. The molecule has 0 N–H and O–H groups in total. The molecule has 0 bridgehead atoms. The molecule has 29 heavy (non-hydrogen) atoms. The third-order valence-electron chi connectivity index (χ3n) is 4.63. The van der Waals surface area contributed by atoms with Crippen LogP contribution in [0.1, 0.15) is 12.1 Å². The summed E-state index contributed by atoms with van der Waals surface area (Å²) < 4.78 is 13.7. The number of pyridine rings is 1. The Morgan fingerprint density at radius 2 is 2.24 bits per heavy atom. The molecule has 152 valence electrons. The van der Waals surface area contributed by atoms with E-state index < -0.39 is 0 Å². The molecule has 1 aliphatic rings. The van der Waals surface area contributed by atoms with Gasteiger partial charge in [0.05, 0.1) is 29.6 Å². The van der Waals surface area contributed by atoms with Crippen LogP contribution in [0.5, 0.6) is 5.75 Å². The summed E-state index contributed by atoms with van der Waals surface area (Å²) >= 11 is 3.32. The second-order valence-electron chi connectivity index (χ2n) is 6.82. The molecule has 4 rings (SSSR count). The molecule has 0 radical (unpaired) electrons. The van der Waals surface area contributed by atoms with Gasteiger partial charge in [0, 0.05) is 24.4 Å². The van der Waals surface area contributed by atoms with Crippen molar-refractivity contribution in [3.8, 4) is 5.75 Å². The summed E-state index contributed by atoms with van der Waals surface area (Å²) in [6, 6.07) is 11.9. The first-order valence-electron chi connectivity index (χ1n) is 9.60. The highest BCUT2D eigenvalue weighted by Gasteiger charge is 2.24. The van der Waals surface area contributed by atoms with Crippen LogP contribution < -0.4 is 4.74 Å². The molecule has 3 heterocycles. The van der Waals surface area contributed by atoms with Gasteiger partial charge in [-0.2, -0.15) is 0 Å². The molecule has 0 saturated carbocycles. The van der Waals surface area contributed by atoms with Crippen molar-refractivity contribution in [1.29, 1.82) is 0 Å². The fraction of sp³-hybridized carbons (Fsp3) is 0.381. The van der Waals surface area contributed by atoms with Crippen LogP contribution in [0.15, 0.2) is 46.9 Å². The van der Waals surface area contributed by atoms with Crippen molar-refractivity contribution in [1.82, 2.24) is 14.9 Å². The molecular formula is C21H23N3O3S2. The minimum atomic E-state index is -0.120. The largest absolute Gasteiger partial charge is 0.489 e. The Morgan fingerprint density at radius 3 is 3.07 bits per heavy atom. The molecule has 0 aliphatic carbocycles. The number of carbonyl (C=O) groups excluding carboxylic acids is 1. The molecule has 6 nitrogen and oxygen atoms in total. The van der Waals surface area contributed by atoms with E-state index in [0.29, 0.717) is 32.7 Å². The lowest BCUT2D eigenvalue weighted by molar-refractivity contribution is -0.139. The summed E-state index contributed by atoms with van der Waals surface area (Å²) in [6.45, 7) is 4.08. The quantitative estimate of drug-likeness (QED) is 0.533. The van der Waals surface area contributed by atoms with Crippen molar-refractivity contribution in [2.24, 2.45) is 0 Å². The van der Waals surface area contributed by atoms with Gasteiger partial charge in [0.15, 0.2) is 4.34 Å². The van der Waals surface area contributed by atoms with E-state index in [1.54, 1.807) is 29.3 Å². The zero-order valence-corrected chi connectivity index (χ0v) is 17.9. The van der Waals surface area contributed by atoms with Crippen LogP contribution in [-0.2, 0) is 9.53 Å². The van der Waals surface area contributed by atoms with E-state index in [9.17, 15) is 4.79 Å². The first kappa shape index (κ1) is 20.1. The van der Waals surface area contributed by atoms with Crippen molar-refractivity contribution in [2.75, 3.05) is 32.1 Å². The molecule has 2 aromatic heterocycles. The van der Waals surface area contributed by atoms with Gasteiger partial charge in [0.1, 0.15) is 18.5 Å². The maximum atomic E-state index is 12.6. The lowest BCUT2D eigenvalue weighted by atomic mass is 10.2. The number of thioether (sulfide) groups is 1. The highest BCUT2D eigenvalue weighted by molar-refractivity contribution is 8.01. The van der Waals surface area contributed by atoms with E-state index in [-0.39, 0.29) is 12.0 Å². The van der Waals surface area contributed by atoms with E-state index >= 15 is 0 Å². The van der Waals surface area contributed by atoms with Crippen LogP contribution in [0, 0.1) is 6.92 Å². The van der Waals surface area contributed by atoms with Gasteiger partial charge < -0.3 is 14.4 Å². The van der Waals surface area contributed by atoms with Crippen LogP contribution in [0.25, 0.3) is 10.2 Å². The Labute approximate surface area is 178 Å². The Morgan fingerprint density at radius 1 is 1.34 bits per heavy atom. The van der Waals surface area contributed by atoms with Gasteiger partial charge >= 0.3 is 0 Å². The number of nitrogens with zero attached hydrogens (tertiary/aromatic N) is 3. The van der Waals surface area contributed by atoms with Crippen molar-refractivity contribution < 1.29 is 14.3 Å². The first-order valence-corrected chi connectivity index (χ1v) is 11.4. The van der Waals surface area contributed by atoms with Crippen LogP contribution in [0.2, 0.25) is 0 Å². The average molecular weight is 430 g/mol. The summed E-state index contributed by atoms with van der Waals surface area (Å²) in [7, 11) is 0. The molecule has 1 unspecified atom stereocenters. The number of hydrogen-bond donors (Lipinski definition) is 0. The standard InChI is InChI=1S/C21H23N3O3S2/c1-15-6-7-16(12-22-15)27-14-17-13-24(9-10-26-17)20(25)8-11-28-21-23-18-4-2-3-5-19(18)29-21/h2-7,12,17H,8-11,13-14H2,1H3. The molecule has 1 amide bonds. The van der Waals surface area contributed by atoms with Gasteiger partial charge in [-0.3, -0.25) is 9.78 Å². The second-order valence-corrected chi connectivity index (χ2v) is 9.20. The average Bonchev–Trinajstić information content (AvgIpc) is 3.16. The second kappa shape index (κ2) is 9.56. The third kappa shape index (κ3) is 5.46. The van der Waals surface area contributed by atoms with Crippen LogP contribution in [0.4, 0.5) is 0 Å². The zero-order valence-electron chi connectivity index (χ0n) is 16.2. The highest BCUT2D eigenvalue weighted by Crippen LogP contribution is 2.29. The number of para-hydroxylation sites is 1. The number of aromatic nitrogens is 2. The summed E-state index contributed by atoms with van der Waals surface area (Å²) in [6.07, 6.45) is 2.09. The number of aryl methyl sites for hydroxylation is 1. The molecule has 1 fully saturated rings. The van der Waals surface area contributed by atoms with Gasteiger partial charge in [-0.1, -0.05) is 23.9 Å². The molecule has 3 aromatic rings. The number of hydrogen-bond acceptors (Lipinski definition) is 7. The fourth-order valence-electron chi connectivity index (χ4n) is 3.07. The number of ether oxygens (including phenoxy) is 2. The van der Waals surface area contributed by atoms with Crippen LogP contribution >= 0.6 is 23.1 Å². The Kier molecular flexibility index (Phi) is 6.63. The van der Waals surface area contributed by atoms with Gasteiger partial charge in [0.25, 0.3) is 0 Å². The number of rotatable bonds is 7. The molecule has 1 aromatic carbocycles. The molecular weight excluding hydrogens is 406 g/mol. The SMILES string of the molecule is Cc1ccc(OCC2CN(C(=O)CCSc3nc4ccccc4s3)CCO2)cn1. The molecule has 1 atom stereocenters. The Bertz CT molecular complexity index is 928. The lowest BCUT2D eigenvalue weighted by Crippen LogP contribution is -2.47. The van der Waals surface area contributed by atoms with Gasteiger partial charge in [0.2, 0.25) is 5.91 Å². The van der Waals surface area contributed by atoms with Crippen LogP contribution in [-0.4, -0.2) is 58.9 Å². The lowest BCUT2D eigenvalue weighted by Gasteiger charge is -2.32. The summed E-state index contributed by atoms with van der Waals surface area (Å²) in [5.41, 5.74) is 1.97. The molecule has 1 aliphatic heterocycles. The van der Waals surface area contributed by atoms with E-state index in [4.69, 9.17) is 9.47 Å². The maximum absolute atomic E-state index is 12.6. The summed E-state index contributed by atoms with van der Waals surface area (Å²) in [5.74, 6) is 1.60. The number of amides is 1. The molecule has 1 saturated heterocycles. The predicted octanol–water partition coefficient (Wildman–Crippen LogP) is 3.79. The molecule has 8 heteroatoms. The smallest absolute Gasteiger partial charge is 0.223 e. The third-order valence-corrected chi connectivity index (χ3v) is 6.81. The minimum absolute atomic E-state index is 0.120. The topological polar surface area (TPSA) is 64.5 Å². The van der Waals surface area contributed by atoms with Gasteiger partial charge in [-0.15, -0.1) is 11.3 Å². The summed E-state index contributed by atoms with van der Waals surface area (Å²) in [4.78, 5) is 23.3. The molecule has 0 spiro atoms. The number of morpholine rings is 1. The highest BCUT2D eigenvalue weighted by atomic mass is 32.2. The van der Waals surface area contributed by atoms with E-state index in [1.165, 1.54) is 4.70 Å². The van der Waals surface area contributed by atoms with Crippen LogP contribution in [0.3, 0.4) is 0 Å². The van der Waals surface area contributed by atoms with Gasteiger partial charge in [-0.05, 0) is 31.2 Å². The predicted molar refractivity (Wildman–Crippen MR) is 116 cm³/mol. The fourth-order valence-corrected chi connectivity index (χ4v) is 5.14. The monoisotopic (exact) mass is 429 g/mol. The van der Waals surface area contributed by atoms with Crippen molar-refractivity contribution in [2.45, 2.75) is 23.8 Å². The van der Waals surface area contributed by atoms with Crippen molar-refractivity contribution in [3.05, 3.63) is 48.3 Å².